The van der Waals surface area contributed by atoms with Crippen LogP contribution >= 0.6 is 0 Å². The quantitative estimate of drug-likeness (QED) is 0.631. The molecule has 0 atom stereocenters. The summed E-state index contributed by atoms with van der Waals surface area (Å²) >= 11 is 0. The largest absolute Gasteiger partial charge is 0.248 e. The van der Waals surface area contributed by atoms with Crippen molar-refractivity contribution in [3.63, 3.8) is 0 Å². The summed E-state index contributed by atoms with van der Waals surface area (Å²) in [7, 11) is 0. The monoisotopic (exact) mass is 337 g/mol. The second-order valence-electron chi connectivity index (χ2n) is 11.3. The Hall–Kier alpha value is -0.630. The van der Waals surface area contributed by atoms with Crippen LogP contribution < -0.4 is 0 Å². The number of rotatable bonds is 2. The first kappa shape index (κ1) is 14.4. The van der Waals surface area contributed by atoms with Crippen LogP contribution in [0.5, 0.6) is 0 Å². The standard InChI is InChI=1S/C23H33N2/c1-2-25(13-24-1,22-18-5-14-3-15(7-18)8-19(22)6-14)23-20-9-16-4-17(11-20)12-21(23)10-16/h1-2,13-23H,3-12H2/q+1. The van der Waals surface area contributed by atoms with E-state index in [1.165, 1.54) is 4.48 Å². The van der Waals surface area contributed by atoms with E-state index in [4.69, 9.17) is 4.99 Å². The average Bonchev–Trinajstić information content (AvgIpc) is 3.03. The van der Waals surface area contributed by atoms with Crippen LogP contribution in [0.2, 0.25) is 0 Å². The van der Waals surface area contributed by atoms with E-state index in [-0.39, 0.29) is 0 Å². The molecule has 0 unspecified atom stereocenters. The zero-order valence-electron chi connectivity index (χ0n) is 15.5. The summed E-state index contributed by atoms with van der Waals surface area (Å²) in [6.45, 7) is 0. The fourth-order valence-electron chi connectivity index (χ4n) is 10.2. The van der Waals surface area contributed by atoms with E-state index >= 15 is 0 Å². The van der Waals surface area contributed by atoms with Crippen molar-refractivity contribution in [3.05, 3.63) is 12.4 Å². The normalized spacial score (nSPS) is 63.0. The first-order valence-corrected chi connectivity index (χ1v) is 11.4. The van der Waals surface area contributed by atoms with Gasteiger partial charge in [-0.2, -0.15) is 0 Å². The molecule has 2 nitrogen and oxygen atoms in total. The summed E-state index contributed by atoms with van der Waals surface area (Å²) in [4.78, 5) is 4.77. The molecule has 0 radical (unpaired) electrons. The Kier molecular flexibility index (Phi) is 2.77. The van der Waals surface area contributed by atoms with Crippen molar-refractivity contribution < 1.29 is 4.48 Å². The molecule has 8 saturated carbocycles. The molecular weight excluding hydrogens is 304 g/mol. The third kappa shape index (κ3) is 1.83. The summed E-state index contributed by atoms with van der Waals surface area (Å²) in [5, 5.41) is 0. The zero-order chi connectivity index (χ0) is 16.2. The Morgan fingerprint density at radius 3 is 1.28 bits per heavy atom. The highest BCUT2D eigenvalue weighted by Crippen LogP contribution is 2.62. The summed E-state index contributed by atoms with van der Waals surface area (Å²) in [6.07, 6.45) is 22.7. The molecule has 8 aliphatic carbocycles. The lowest BCUT2D eigenvalue weighted by atomic mass is 9.50. The molecule has 8 fully saturated rings. The van der Waals surface area contributed by atoms with Crippen LogP contribution in [0, 0.1) is 47.3 Å². The molecule has 0 saturated heterocycles. The van der Waals surface area contributed by atoms with Crippen molar-refractivity contribution in [3.8, 4) is 0 Å². The summed E-state index contributed by atoms with van der Waals surface area (Å²) in [5.41, 5.74) is 0. The number of hydrogen-bond acceptors (Lipinski definition) is 1. The summed E-state index contributed by atoms with van der Waals surface area (Å²) in [6, 6.07) is 1.77. The van der Waals surface area contributed by atoms with Gasteiger partial charge in [0.25, 0.3) is 0 Å². The zero-order valence-corrected chi connectivity index (χ0v) is 15.5. The van der Waals surface area contributed by atoms with Crippen molar-refractivity contribution in [2.24, 2.45) is 52.3 Å². The molecule has 0 aromatic heterocycles. The van der Waals surface area contributed by atoms with Crippen LogP contribution in [0.1, 0.15) is 64.2 Å². The van der Waals surface area contributed by atoms with Crippen molar-refractivity contribution in [1.29, 1.82) is 0 Å². The highest BCUT2D eigenvalue weighted by atomic mass is 15.4. The topological polar surface area (TPSA) is 12.4 Å². The third-order valence-electron chi connectivity index (χ3n) is 10.1. The van der Waals surface area contributed by atoms with Gasteiger partial charge in [-0.1, -0.05) is 0 Å². The van der Waals surface area contributed by atoms with Gasteiger partial charge in [-0.05, 0) is 87.9 Å². The van der Waals surface area contributed by atoms with Gasteiger partial charge in [0.2, 0.25) is 0 Å². The minimum absolute atomic E-state index is 0.887. The second kappa shape index (κ2) is 4.80. The summed E-state index contributed by atoms with van der Waals surface area (Å²) in [5.74, 6) is 8.35. The molecule has 0 aromatic rings. The predicted octanol–water partition coefficient (Wildman–Crippen LogP) is 4.97. The highest BCUT2D eigenvalue weighted by Gasteiger charge is 2.63. The van der Waals surface area contributed by atoms with Gasteiger partial charge in [0.1, 0.15) is 18.3 Å². The van der Waals surface area contributed by atoms with Gasteiger partial charge >= 0.3 is 0 Å². The van der Waals surface area contributed by atoms with Crippen LogP contribution in [0.3, 0.4) is 0 Å². The van der Waals surface area contributed by atoms with Crippen LogP contribution in [-0.2, 0) is 0 Å². The number of nitrogens with zero attached hydrogens (tertiary/aromatic N) is 2. The van der Waals surface area contributed by atoms with Crippen LogP contribution in [-0.4, -0.2) is 22.9 Å². The van der Waals surface area contributed by atoms with E-state index < -0.39 is 0 Å². The maximum Gasteiger partial charge on any atom is 0.195 e. The minimum atomic E-state index is 0.887. The van der Waals surface area contributed by atoms with E-state index in [1.54, 1.807) is 64.2 Å². The molecule has 0 spiro atoms. The average molecular weight is 338 g/mol. The lowest BCUT2D eigenvalue weighted by molar-refractivity contribution is -0.860. The fraction of sp³-hybridized carbons (Fsp3) is 0.870. The molecule has 9 aliphatic rings. The molecular formula is C23H33N2+. The highest BCUT2D eigenvalue weighted by molar-refractivity contribution is 5.52. The Morgan fingerprint density at radius 2 is 0.960 bits per heavy atom. The van der Waals surface area contributed by atoms with Gasteiger partial charge in [0, 0.05) is 23.7 Å². The molecule has 8 bridgehead atoms. The van der Waals surface area contributed by atoms with Gasteiger partial charge < -0.3 is 0 Å². The molecule has 1 aliphatic heterocycles. The van der Waals surface area contributed by atoms with Gasteiger partial charge in [0.15, 0.2) is 6.34 Å². The van der Waals surface area contributed by atoms with E-state index in [1.807, 2.05) is 0 Å². The Labute approximate surface area is 152 Å². The first-order valence-electron chi connectivity index (χ1n) is 11.4. The van der Waals surface area contributed by atoms with Crippen LogP contribution in [0.4, 0.5) is 0 Å². The van der Waals surface area contributed by atoms with Crippen LogP contribution in [0.15, 0.2) is 17.4 Å². The van der Waals surface area contributed by atoms with Crippen molar-refractivity contribution in [2.45, 2.75) is 76.3 Å². The molecule has 0 aromatic carbocycles. The van der Waals surface area contributed by atoms with Crippen LogP contribution in [0.25, 0.3) is 0 Å². The molecule has 134 valence electrons. The first-order chi connectivity index (χ1) is 12.3. The SMILES string of the molecule is C1=C[N+](C2C3CC4CC(C3)CC2C4)(C2C3CC4CC(C3)CC2C4)C=N1. The predicted molar refractivity (Wildman–Crippen MR) is 99.6 cm³/mol. The van der Waals surface area contributed by atoms with Gasteiger partial charge in [0.05, 0.1) is 6.20 Å². The van der Waals surface area contributed by atoms with E-state index in [0.29, 0.717) is 0 Å². The van der Waals surface area contributed by atoms with Gasteiger partial charge in [-0.3, -0.25) is 0 Å². The lowest BCUT2D eigenvalue weighted by Gasteiger charge is -2.64. The third-order valence-corrected chi connectivity index (χ3v) is 10.1. The molecule has 0 N–H and O–H groups in total. The number of aliphatic imine (C=N–C) groups is 1. The molecule has 25 heavy (non-hydrogen) atoms. The molecule has 9 rings (SSSR count). The maximum atomic E-state index is 4.77. The van der Waals surface area contributed by atoms with E-state index in [0.717, 1.165) is 59.4 Å². The maximum absolute atomic E-state index is 4.77. The van der Waals surface area contributed by atoms with Gasteiger partial charge in [-0.25, -0.2) is 9.48 Å². The lowest BCUT2D eigenvalue weighted by Crippen LogP contribution is -2.71. The number of hydrogen-bond donors (Lipinski definition) is 0. The minimum Gasteiger partial charge on any atom is -0.248 e. The Morgan fingerprint density at radius 1 is 0.560 bits per heavy atom. The Bertz CT molecular complexity index is 534. The van der Waals surface area contributed by atoms with E-state index in [9.17, 15) is 0 Å². The van der Waals surface area contributed by atoms with Crippen molar-refractivity contribution in [1.82, 2.24) is 0 Å². The smallest absolute Gasteiger partial charge is 0.195 e. The van der Waals surface area contributed by atoms with Crippen molar-refractivity contribution in [2.75, 3.05) is 0 Å². The molecule has 1 heterocycles. The van der Waals surface area contributed by atoms with Crippen molar-refractivity contribution >= 4 is 6.34 Å². The number of quaternary nitrogens is 1. The molecule has 2 heteroatoms. The Balaban J connectivity index is 1.31. The van der Waals surface area contributed by atoms with Gasteiger partial charge in [-0.15, -0.1) is 0 Å². The second-order valence-corrected chi connectivity index (χ2v) is 11.3. The fourth-order valence-corrected chi connectivity index (χ4v) is 10.2. The summed E-state index contributed by atoms with van der Waals surface area (Å²) < 4.78 is 1.21. The van der Waals surface area contributed by atoms with E-state index in [2.05, 4.69) is 18.7 Å². The molecule has 0 amide bonds.